The minimum absolute atomic E-state index is 0.896. The minimum atomic E-state index is 0.896. The molecule has 0 aromatic heterocycles. The van der Waals surface area contributed by atoms with Crippen molar-refractivity contribution in [1.82, 2.24) is 0 Å². The van der Waals surface area contributed by atoms with E-state index in [4.69, 9.17) is 4.74 Å². The largest absolute Gasteiger partial charge is 0.499 e. The van der Waals surface area contributed by atoms with Crippen LogP contribution in [0.4, 0.5) is 0 Å². The summed E-state index contributed by atoms with van der Waals surface area (Å²) in [6.07, 6.45) is 18.8. The first-order valence-electron chi connectivity index (χ1n) is 8.57. The number of allylic oxidation sites excluding steroid dienone is 2. The Morgan fingerprint density at radius 2 is 1.16 bits per heavy atom. The average Bonchev–Trinajstić information content (AvgIpc) is 2.43. The molecule has 0 aromatic rings. The van der Waals surface area contributed by atoms with Crippen LogP contribution in [-0.2, 0) is 4.74 Å². The summed E-state index contributed by atoms with van der Waals surface area (Å²) >= 11 is 0. The second kappa shape index (κ2) is 15.6. The number of unbranched alkanes of at least 4 members (excludes halogenated alkanes) is 11. The molecule has 0 spiro atoms. The topological polar surface area (TPSA) is 9.23 Å². The highest BCUT2D eigenvalue weighted by molar-refractivity contribution is 4.83. The van der Waals surface area contributed by atoms with Gasteiger partial charge in [-0.25, -0.2) is 0 Å². The minimum Gasteiger partial charge on any atom is -0.499 e. The second-order valence-corrected chi connectivity index (χ2v) is 5.64. The van der Waals surface area contributed by atoms with Crippen LogP contribution in [0, 0.1) is 0 Å². The normalized spacial score (nSPS) is 11.8. The summed E-state index contributed by atoms with van der Waals surface area (Å²) in [5.74, 6) is 1.06. The third kappa shape index (κ3) is 15.5. The van der Waals surface area contributed by atoms with Crippen molar-refractivity contribution in [3.63, 3.8) is 0 Å². The lowest BCUT2D eigenvalue weighted by atomic mass is 10.1. The lowest BCUT2D eigenvalue weighted by Crippen LogP contribution is -1.92. The van der Waals surface area contributed by atoms with Gasteiger partial charge in [-0.15, -0.1) is 0 Å². The van der Waals surface area contributed by atoms with Gasteiger partial charge in [0.05, 0.1) is 12.4 Å². The molecule has 0 fully saturated rings. The zero-order chi connectivity index (χ0) is 14.2. The third-order valence-corrected chi connectivity index (χ3v) is 3.73. The molecule has 0 saturated heterocycles. The van der Waals surface area contributed by atoms with E-state index in [1.807, 2.05) is 19.9 Å². The Bertz CT molecular complexity index is 196. The molecule has 0 bridgehead atoms. The summed E-state index contributed by atoms with van der Waals surface area (Å²) in [6.45, 7) is 7.23. The van der Waals surface area contributed by atoms with Crippen LogP contribution < -0.4 is 0 Å². The van der Waals surface area contributed by atoms with Gasteiger partial charge < -0.3 is 4.74 Å². The van der Waals surface area contributed by atoms with Gasteiger partial charge in [-0.05, 0) is 20.3 Å². The number of hydrogen-bond donors (Lipinski definition) is 0. The molecule has 0 saturated carbocycles. The van der Waals surface area contributed by atoms with E-state index in [0.29, 0.717) is 0 Å². The molecule has 1 heteroatoms. The molecular formula is C18H36O. The fourth-order valence-corrected chi connectivity index (χ4v) is 2.26. The molecule has 0 N–H and O–H groups in total. The first-order valence-corrected chi connectivity index (χ1v) is 8.57. The highest BCUT2D eigenvalue weighted by Gasteiger charge is 1.94. The first-order chi connectivity index (χ1) is 9.31. The second-order valence-electron chi connectivity index (χ2n) is 5.64. The lowest BCUT2D eigenvalue weighted by molar-refractivity contribution is 0.206. The van der Waals surface area contributed by atoms with Crippen molar-refractivity contribution < 1.29 is 4.74 Å². The Morgan fingerprint density at radius 1 is 0.737 bits per heavy atom. The van der Waals surface area contributed by atoms with E-state index < -0.39 is 0 Å². The van der Waals surface area contributed by atoms with Gasteiger partial charge in [0.1, 0.15) is 0 Å². The molecule has 0 atom stereocenters. The summed E-state index contributed by atoms with van der Waals surface area (Å²) in [4.78, 5) is 0. The van der Waals surface area contributed by atoms with Crippen LogP contribution in [-0.4, -0.2) is 6.61 Å². The fraction of sp³-hybridized carbons (Fsp3) is 0.889. The highest BCUT2D eigenvalue weighted by atomic mass is 16.5. The Hall–Kier alpha value is -0.460. The lowest BCUT2D eigenvalue weighted by Gasteiger charge is -2.05. The van der Waals surface area contributed by atoms with Crippen molar-refractivity contribution in [2.45, 2.75) is 97.8 Å². The Labute approximate surface area is 121 Å². The maximum atomic E-state index is 5.54. The van der Waals surface area contributed by atoms with Crippen molar-refractivity contribution in [3.8, 4) is 0 Å². The van der Waals surface area contributed by atoms with Gasteiger partial charge in [-0.1, -0.05) is 83.6 Å². The van der Waals surface area contributed by atoms with Gasteiger partial charge in [0.25, 0.3) is 0 Å². The van der Waals surface area contributed by atoms with E-state index >= 15 is 0 Å². The molecule has 0 radical (unpaired) electrons. The molecule has 0 aliphatic rings. The van der Waals surface area contributed by atoms with Gasteiger partial charge in [-0.2, -0.15) is 0 Å². The SMILES string of the molecule is CC=C(C)OCCCCCCCCCCCCCC. The summed E-state index contributed by atoms with van der Waals surface area (Å²) in [6, 6.07) is 0. The number of ether oxygens (including phenoxy) is 1. The Balaban J connectivity index is 2.99. The maximum Gasteiger partial charge on any atom is 0.0886 e. The zero-order valence-electron chi connectivity index (χ0n) is 13.7. The number of hydrogen-bond acceptors (Lipinski definition) is 1. The van der Waals surface area contributed by atoms with E-state index in [9.17, 15) is 0 Å². The molecular weight excluding hydrogens is 232 g/mol. The highest BCUT2D eigenvalue weighted by Crippen LogP contribution is 2.12. The van der Waals surface area contributed by atoms with Gasteiger partial charge >= 0.3 is 0 Å². The molecule has 0 aromatic carbocycles. The molecule has 1 nitrogen and oxygen atoms in total. The quantitative estimate of drug-likeness (QED) is 0.254. The molecule has 114 valence electrons. The third-order valence-electron chi connectivity index (χ3n) is 3.73. The van der Waals surface area contributed by atoms with E-state index in [-0.39, 0.29) is 0 Å². The molecule has 0 heterocycles. The molecule has 0 unspecified atom stereocenters. The van der Waals surface area contributed by atoms with Crippen LogP contribution >= 0.6 is 0 Å². The smallest absolute Gasteiger partial charge is 0.0886 e. The van der Waals surface area contributed by atoms with Crippen LogP contribution in [0.15, 0.2) is 11.8 Å². The van der Waals surface area contributed by atoms with Crippen molar-refractivity contribution >= 4 is 0 Å². The van der Waals surface area contributed by atoms with Crippen molar-refractivity contribution in [3.05, 3.63) is 11.8 Å². The first kappa shape index (κ1) is 18.5. The van der Waals surface area contributed by atoms with Crippen LogP contribution in [0.2, 0.25) is 0 Å². The molecule has 0 amide bonds. The molecule has 0 rings (SSSR count). The van der Waals surface area contributed by atoms with E-state index in [1.54, 1.807) is 0 Å². The molecule has 0 aliphatic carbocycles. The summed E-state index contributed by atoms with van der Waals surface area (Å²) in [5, 5.41) is 0. The molecule has 19 heavy (non-hydrogen) atoms. The zero-order valence-corrected chi connectivity index (χ0v) is 13.7. The Kier molecular flexibility index (Phi) is 15.2. The number of rotatable bonds is 14. The van der Waals surface area contributed by atoms with Crippen LogP contribution in [0.25, 0.3) is 0 Å². The predicted octanol–water partition coefficient (Wildman–Crippen LogP) is 6.63. The molecule has 0 aliphatic heterocycles. The van der Waals surface area contributed by atoms with Gasteiger partial charge in [-0.3, -0.25) is 0 Å². The van der Waals surface area contributed by atoms with Crippen LogP contribution in [0.5, 0.6) is 0 Å². The Morgan fingerprint density at radius 3 is 1.58 bits per heavy atom. The van der Waals surface area contributed by atoms with Gasteiger partial charge in [0.15, 0.2) is 0 Å². The van der Waals surface area contributed by atoms with Crippen molar-refractivity contribution in [2.24, 2.45) is 0 Å². The summed E-state index contributed by atoms with van der Waals surface area (Å²) < 4.78 is 5.54. The van der Waals surface area contributed by atoms with Gasteiger partial charge in [0, 0.05) is 0 Å². The van der Waals surface area contributed by atoms with E-state index in [0.717, 1.165) is 12.4 Å². The summed E-state index contributed by atoms with van der Waals surface area (Å²) in [5.41, 5.74) is 0. The monoisotopic (exact) mass is 268 g/mol. The van der Waals surface area contributed by atoms with Crippen LogP contribution in [0.3, 0.4) is 0 Å². The standard InChI is InChI=1S/C18H36O/c1-4-6-7-8-9-10-11-12-13-14-15-16-17-19-18(3)5-2/h5H,4,6-17H2,1-3H3. The van der Waals surface area contributed by atoms with Crippen molar-refractivity contribution in [2.75, 3.05) is 6.61 Å². The van der Waals surface area contributed by atoms with Crippen molar-refractivity contribution in [1.29, 1.82) is 0 Å². The summed E-state index contributed by atoms with van der Waals surface area (Å²) in [7, 11) is 0. The average molecular weight is 268 g/mol. The predicted molar refractivity (Wildman–Crippen MR) is 86.5 cm³/mol. The van der Waals surface area contributed by atoms with Gasteiger partial charge in [0.2, 0.25) is 0 Å². The fourth-order valence-electron chi connectivity index (χ4n) is 2.26. The maximum absolute atomic E-state index is 5.54. The van der Waals surface area contributed by atoms with E-state index in [2.05, 4.69) is 6.92 Å². The van der Waals surface area contributed by atoms with E-state index in [1.165, 1.54) is 77.0 Å². The van der Waals surface area contributed by atoms with Crippen LogP contribution in [0.1, 0.15) is 97.8 Å².